The van der Waals surface area contributed by atoms with Gasteiger partial charge < -0.3 is 19.4 Å². The smallest absolute Gasteiger partial charge is 0.266 e. The van der Waals surface area contributed by atoms with E-state index in [4.69, 9.17) is 14.5 Å². The second-order valence-corrected chi connectivity index (χ2v) is 12.9. The Hall–Kier alpha value is -4.44. The van der Waals surface area contributed by atoms with Crippen LogP contribution in [0.4, 0.5) is 8.78 Å². The molecule has 55 heavy (non-hydrogen) atoms. The van der Waals surface area contributed by atoms with Crippen LogP contribution in [0.1, 0.15) is 131 Å². The molecule has 1 fully saturated rings. The average Bonchev–Trinajstić information content (AvgIpc) is 3.90. The van der Waals surface area contributed by atoms with Crippen molar-refractivity contribution in [3.63, 3.8) is 0 Å². The Balaban J connectivity index is 0.00000122. The molecule has 10 heteroatoms. The molecular formula is C45H70F2N6O2. The van der Waals surface area contributed by atoms with Gasteiger partial charge in [-0.1, -0.05) is 97.7 Å². The minimum absolute atomic E-state index is 0.123. The van der Waals surface area contributed by atoms with Crippen molar-refractivity contribution < 1.29 is 18.3 Å². The van der Waals surface area contributed by atoms with Gasteiger partial charge in [0.1, 0.15) is 18.5 Å². The number of aromatic amines is 1. The number of benzene rings is 1. The van der Waals surface area contributed by atoms with Crippen molar-refractivity contribution in [2.24, 2.45) is 0 Å². The number of allylic oxidation sites excluding steroid dienone is 4. The lowest BCUT2D eigenvalue weighted by Gasteiger charge is -2.14. The molecule has 0 aliphatic heterocycles. The maximum absolute atomic E-state index is 12.0. The second-order valence-electron chi connectivity index (χ2n) is 12.9. The van der Waals surface area contributed by atoms with Crippen LogP contribution < -0.4 is 9.47 Å². The standard InChI is InChI=1S/C28H29N5O2.C6H10F2.C4H10.C3H9N.2C2H6/c1-4-6-18(2)20-10-8-19(9-11-20)16-35-27-22(23-7-5-14-29-23)15-30-26(33-27)24-25(21-12-13-21)31-17-32-28(24)34-3;1-4-5(2)6(3,7)8;1-3-4-2;1-4(2)3;2*1-2/h5-11,14-15,17,21,29H,4,12-13,16H2,1-3H3;4H,1-3H3;3-4H2,1-2H3;1-3H3;2*1-2H3/b;5-4+;;;;. The molecule has 1 aliphatic carbocycles. The van der Waals surface area contributed by atoms with E-state index in [0.717, 1.165) is 54.3 Å². The van der Waals surface area contributed by atoms with E-state index in [1.807, 2.05) is 72.1 Å². The molecule has 3 heterocycles. The van der Waals surface area contributed by atoms with Gasteiger partial charge in [0.25, 0.3) is 5.92 Å². The molecule has 0 atom stereocenters. The lowest BCUT2D eigenvalue weighted by Crippen LogP contribution is -2.10. The summed E-state index contributed by atoms with van der Waals surface area (Å²) in [5.74, 6) is -0.760. The van der Waals surface area contributed by atoms with E-state index >= 15 is 0 Å². The van der Waals surface area contributed by atoms with Crippen LogP contribution in [-0.4, -0.2) is 64.0 Å². The van der Waals surface area contributed by atoms with Crippen molar-refractivity contribution in [3.05, 3.63) is 89.7 Å². The van der Waals surface area contributed by atoms with Crippen LogP contribution in [0.15, 0.2) is 72.8 Å². The van der Waals surface area contributed by atoms with Gasteiger partial charge in [-0.2, -0.15) is 4.98 Å². The Kier molecular flexibility index (Phi) is 25.8. The lowest BCUT2D eigenvalue weighted by molar-refractivity contribution is 0.0633. The van der Waals surface area contributed by atoms with Gasteiger partial charge in [0.05, 0.1) is 24.1 Å². The molecule has 8 nitrogen and oxygen atoms in total. The first-order valence-corrected chi connectivity index (χ1v) is 19.7. The van der Waals surface area contributed by atoms with Crippen LogP contribution in [0.5, 0.6) is 11.8 Å². The quantitative estimate of drug-likeness (QED) is 0.152. The molecule has 306 valence electrons. The Morgan fingerprint density at radius 3 is 1.96 bits per heavy atom. The number of nitrogens with one attached hydrogen (secondary N) is 1. The van der Waals surface area contributed by atoms with Crippen LogP contribution in [0.25, 0.3) is 28.2 Å². The first-order chi connectivity index (χ1) is 26.3. The van der Waals surface area contributed by atoms with Crippen LogP contribution in [0.3, 0.4) is 0 Å². The van der Waals surface area contributed by atoms with Gasteiger partial charge in [-0.15, -0.1) is 0 Å². The first-order valence-electron chi connectivity index (χ1n) is 19.7. The molecule has 1 saturated carbocycles. The highest BCUT2D eigenvalue weighted by Crippen LogP contribution is 2.45. The summed E-state index contributed by atoms with van der Waals surface area (Å²) in [5, 5.41) is 0. The molecule has 0 bridgehead atoms. The number of rotatable bonds is 11. The van der Waals surface area contributed by atoms with Gasteiger partial charge in [0.15, 0.2) is 5.82 Å². The maximum Gasteiger partial charge on any atom is 0.266 e. The van der Waals surface area contributed by atoms with E-state index < -0.39 is 5.92 Å². The number of unbranched alkanes of at least 4 members (excludes halogenated alkanes) is 1. The lowest BCUT2D eigenvalue weighted by atomic mass is 10.0. The summed E-state index contributed by atoms with van der Waals surface area (Å²) in [5.41, 5.74) is 7.04. The monoisotopic (exact) mass is 765 g/mol. The van der Waals surface area contributed by atoms with Crippen molar-refractivity contribution in [2.75, 3.05) is 28.3 Å². The van der Waals surface area contributed by atoms with Crippen LogP contribution in [0, 0.1) is 0 Å². The molecule has 3 aromatic heterocycles. The Labute approximate surface area is 332 Å². The molecular weight excluding hydrogens is 695 g/mol. The molecule has 1 aromatic carbocycles. The van der Waals surface area contributed by atoms with Crippen molar-refractivity contribution >= 4 is 5.57 Å². The fraction of sp³-hybridized carbons (Fsp3) is 0.511. The summed E-state index contributed by atoms with van der Waals surface area (Å²) in [4.78, 5) is 23.6. The number of aromatic nitrogens is 5. The molecule has 0 radical (unpaired) electrons. The predicted molar refractivity (Wildman–Crippen MR) is 229 cm³/mol. The van der Waals surface area contributed by atoms with Gasteiger partial charge >= 0.3 is 0 Å². The molecule has 1 N–H and O–H groups in total. The van der Waals surface area contributed by atoms with Gasteiger partial charge in [-0.25, -0.2) is 23.7 Å². The number of halogens is 2. The van der Waals surface area contributed by atoms with Crippen molar-refractivity contribution in [1.29, 1.82) is 0 Å². The molecule has 4 aromatic rings. The van der Waals surface area contributed by atoms with Gasteiger partial charge in [-0.3, -0.25) is 0 Å². The van der Waals surface area contributed by atoms with Gasteiger partial charge in [0.2, 0.25) is 11.8 Å². The van der Waals surface area contributed by atoms with Crippen molar-refractivity contribution in [3.8, 4) is 34.4 Å². The third kappa shape index (κ3) is 18.6. The molecule has 0 saturated heterocycles. The minimum atomic E-state index is -2.63. The van der Waals surface area contributed by atoms with Crippen molar-refractivity contribution in [1.82, 2.24) is 29.8 Å². The predicted octanol–water partition coefficient (Wildman–Crippen LogP) is 12.9. The number of nitrogens with zero attached hydrogens (tertiary/aromatic N) is 5. The van der Waals surface area contributed by atoms with Crippen LogP contribution in [0.2, 0.25) is 0 Å². The topological polar surface area (TPSA) is 89.0 Å². The highest BCUT2D eigenvalue weighted by atomic mass is 19.3. The van der Waals surface area contributed by atoms with Crippen molar-refractivity contribution in [2.45, 2.75) is 127 Å². The summed E-state index contributed by atoms with van der Waals surface area (Å²) in [6.07, 6.45) is 14.7. The average molecular weight is 765 g/mol. The van der Waals surface area contributed by atoms with Gasteiger partial charge in [0, 0.05) is 25.2 Å². The van der Waals surface area contributed by atoms with Crippen LogP contribution >= 0.6 is 0 Å². The zero-order chi connectivity index (χ0) is 42.0. The first kappa shape index (κ1) is 50.6. The summed E-state index contributed by atoms with van der Waals surface area (Å²) in [6.45, 7) is 20.9. The molecule has 0 spiro atoms. The van der Waals surface area contributed by atoms with E-state index in [1.54, 1.807) is 26.6 Å². The fourth-order valence-electron chi connectivity index (χ4n) is 4.39. The minimum Gasteiger partial charge on any atom is -0.480 e. The summed E-state index contributed by atoms with van der Waals surface area (Å²) >= 11 is 0. The van der Waals surface area contributed by atoms with Gasteiger partial charge in [-0.05, 0) is 95.6 Å². The molecule has 0 unspecified atom stereocenters. The number of ether oxygens (including phenoxy) is 2. The number of hydrogen-bond donors (Lipinski definition) is 1. The SMILES string of the molecule is C/C=C(\C)C(C)(F)F.CC.CC.CCC=C(C)c1ccc(COc2nc(-c3c(OC)ncnc3C3CC3)ncc2-c2ccc[nH]2)cc1.CCCC.CN(C)C. The number of methoxy groups -OCH3 is 1. The largest absolute Gasteiger partial charge is 0.480 e. The number of H-pyrrole nitrogens is 1. The second kappa shape index (κ2) is 28.0. The summed E-state index contributed by atoms with van der Waals surface area (Å²) in [7, 11) is 7.61. The molecule has 0 amide bonds. The number of alkyl halides is 2. The Morgan fingerprint density at radius 1 is 0.927 bits per heavy atom. The van der Waals surface area contributed by atoms with E-state index in [2.05, 4.69) is 78.0 Å². The zero-order valence-corrected chi connectivity index (χ0v) is 36.5. The normalized spacial score (nSPS) is 12.2. The number of hydrogen-bond acceptors (Lipinski definition) is 7. The third-order valence-electron chi connectivity index (χ3n) is 7.79. The summed E-state index contributed by atoms with van der Waals surface area (Å²) in [6, 6.07) is 12.4. The third-order valence-corrected chi connectivity index (χ3v) is 7.79. The molecule has 1 aliphatic rings. The fourth-order valence-corrected chi connectivity index (χ4v) is 4.39. The molecule has 5 rings (SSSR count). The van der Waals surface area contributed by atoms with Crippen LogP contribution in [-0.2, 0) is 6.61 Å². The van der Waals surface area contributed by atoms with E-state index in [9.17, 15) is 8.78 Å². The van der Waals surface area contributed by atoms with E-state index in [0.29, 0.717) is 30.1 Å². The Morgan fingerprint density at radius 2 is 1.53 bits per heavy atom. The zero-order valence-electron chi connectivity index (χ0n) is 36.5. The summed E-state index contributed by atoms with van der Waals surface area (Å²) < 4.78 is 35.9. The maximum atomic E-state index is 12.0. The highest BCUT2D eigenvalue weighted by molar-refractivity contribution is 5.70. The van der Waals surface area contributed by atoms with E-state index in [1.165, 1.54) is 37.0 Å². The highest BCUT2D eigenvalue weighted by Gasteiger charge is 2.31. The Bertz CT molecular complexity index is 1640. The van der Waals surface area contributed by atoms with E-state index in [-0.39, 0.29) is 5.57 Å².